The normalized spacial score (nSPS) is 26.2. The number of nitrogens with zero attached hydrogens (tertiary/aromatic N) is 1. The summed E-state index contributed by atoms with van der Waals surface area (Å²) in [4.78, 5) is 16.4. The van der Waals surface area contributed by atoms with Gasteiger partial charge in [-0.25, -0.2) is 4.98 Å². The van der Waals surface area contributed by atoms with Crippen molar-refractivity contribution >= 4 is 5.91 Å². The van der Waals surface area contributed by atoms with E-state index in [4.69, 9.17) is 9.15 Å². The van der Waals surface area contributed by atoms with Gasteiger partial charge in [-0.05, 0) is 36.7 Å². The van der Waals surface area contributed by atoms with Crippen LogP contribution in [0, 0.1) is 5.92 Å². The fourth-order valence-electron chi connectivity index (χ4n) is 3.33. The SMILES string of the molecule is O=C(NC[C@@H]1C[C@@H]1c1ccccc1)c1ncoc1[C@H]1CCCO1. The molecule has 5 heteroatoms. The molecule has 0 spiro atoms. The molecule has 2 heterocycles. The van der Waals surface area contributed by atoms with Crippen molar-refractivity contribution in [3.8, 4) is 0 Å². The molecule has 1 saturated carbocycles. The van der Waals surface area contributed by atoms with Crippen LogP contribution in [-0.4, -0.2) is 24.0 Å². The average Bonchev–Trinajstić information content (AvgIpc) is 2.99. The summed E-state index contributed by atoms with van der Waals surface area (Å²) >= 11 is 0. The Morgan fingerprint density at radius 1 is 1.30 bits per heavy atom. The highest BCUT2D eigenvalue weighted by Gasteiger charge is 2.38. The van der Waals surface area contributed by atoms with Gasteiger partial charge in [0.25, 0.3) is 5.91 Å². The molecule has 3 atom stereocenters. The van der Waals surface area contributed by atoms with Crippen LogP contribution in [0.2, 0.25) is 0 Å². The number of nitrogens with one attached hydrogen (secondary N) is 1. The number of carbonyl (C=O) groups is 1. The molecule has 0 unspecified atom stereocenters. The van der Waals surface area contributed by atoms with Gasteiger partial charge in [0.15, 0.2) is 17.8 Å². The molecule has 1 aromatic heterocycles. The van der Waals surface area contributed by atoms with Crippen LogP contribution in [0.3, 0.4) is 0 Å². The zero-order valence-corrected chi connectivity index (χ0v) is 12.9. The predicted molar refractivity (Wildman–Crippen MR) is 84.1 cm³/mol. The summed E-state index contributed by atoms with van der Waals surface area (Å²) < 4.78 is 11.0. The highest BCUT2D eigenvalue weighted by atomic mass is 16.5. The minimum Gasteiger partial charge on any atom is -0.445 e. The Kier molecular flexibility index (Phi) is 3.87. The van der Waals surface area contributed by atoms with Crippen LogP contribution in [0.1, 0.15) is 53.1 Å². The minimum absolute atomic E-state index is 0.128. The summed E-state index contributed by atoms with van der Waals surface area (Å²) in [6.45, 7) is 1.39. The van der Waals surface area contributed by atoms with E-state index in [1.807, 2.05) is 6.07 Å². The smallest absolute Gasteiger partial charge is 0.273 e. The first-order valence-corrected chi connectivity index (χ1v) is 8.21. The molecule has 5 nitrogen and oxygen atoms in total. The molecule has 1 aliphatic heterocycles. The largest absolute Gasteiger partial charge is 0.445 e. The third-order valence-electron chi connectivity index (χ3n) is 4.71. The van der Waals surface area contributed by atoms with Crippen LogP contribution in [-0.2, 0) is 4.74 Å². The molecule has 1 amide bonds. The average molecular weight is 312 g/mol. The molecular weight excluding hydrogens is 292 g/mol. The van der Waals surface area contributed by atoms with Crippen LogP contribution in [0.5, 0.6) is 0 Å². The summed E-state index contributed by atoms with van der Waals surface area (Å²) in [6, 6.07) is 10.5. The second-order valence-corrected chi connectivity index (χ2v) is 6.29. The lowest BCUT2D eigenvalue weighted by atomic mass is 10.1. The second-order valence-electron chi connectivity index (χ2n) is 6.29. The van der Waals surface area contributed by atoms with E-state index >= 15 is 0 Å². The monoisotopic (exact) mass is 312 g/mol. The first-order chi connectivity index (χ1) is 11.3. The molecule has 2 aliphatic rings. The van der Waals surface area contributed by atoms with Crippen molar-refractivity contribution in [2.45, 2.75) is 31.3 Å². The van der Waals surface area contributed by atoms with Crippen LogP contribution in [0.4, 0.5) is 0 Å². The van der Waals surface area contributed by atoms with E-state index in [0.29, 0.717) is 36.4 Å². The molecule has 1 aromatic carbocycles. The van der Waals surface area contributed by atoms with Gasteiger partial charge in [0.1, 0.15) is 6.10 Å². The van der Waals surface area contributed by atoms with Gasteiger partial charge in [-0.15, -0.1) is 0 Å². The standard InChI is InChI=1S/C18H20N2O3/c21-18(16-17(23-11-20-16)15-7-4-8-22-15)19-10-13-9-14(13)12-5-2-1-3-6-12/h1-3,5-6,11,13-15H,4,7-10H2,(H,19,21)/t13-,14+,15+/m0/s1. The maximum absolute atomic E-state index is 12.4. The summed E-state index contributed by atoms with van der Waals surface area (Å²) in [5.74, 6) is 1.48. The maximum atomic E-state index is 12.4. The van der Waals surface area contributed by atoms with E-state index in [0.717, 1.165) is 19.3 Å². The van der Waals surface area contributed by atoms with Gasteiger partial charge in [0, 0.05) is 13.2 Å². The molecule has 2 aromatic rings. The maximum Gasteiger partial charge on any atom is 0.273 e. The first kappa shape index (κ1) is 14.5. The van der Waals surface area contributed by atoms with E-state index < -0.39 is 0 Å². The topological polar surface area (TPSA) is 64.4 Å². The van der Waals surface area contributed by atoms with Gasteiger partial charge >= 0.3 is 0 Å². The molecule has 1 aliphatic carbocycles. The van der Waals surface area contributed by atoms with Crippen LogP contribution in [0.25, 0.3) is 0 Å². The number of carbonyl (C=O) groups excluding carboxylic acids is 1. The third-order valence-corrected chi connectivity index (χ3v) is 4.71. The van der Waals surface area contributed by atoms with Gasteiger partial charge in [0.2, 0.25) is 0 Å². The fourth-order valence-corrected chi connectivity index (χ4v) is 3.33. The quantitative estimate of drug-likeness (QED) is 0.921. The van der Waals surface area contributed by atoms with Crippen LogP contribution in [0.15, 0.2) is 41.1 Å². The Hall–Kier alpha value is -2.14. The number of hydrogen-bond acceptors (Lipinski definition) is 4. The predicted octanol–water partition coefficient (Wildman–Crippen LogP) is 3.06. The van der Waals surface area contributed by atoms with Crippen molar-refractivity contribution in [1.29, 1.82) is 0 Å². The van der Waals surface area contributed by atoms with E-state index in [2.05, 4.69) is 34.6 Å². The molecular formula is C18H20N2O3. The van der Waals surface area contributed by atoms with Gasteiger partial charge in [-0.1, -0.05) is 30.3 Å². The number of ether oxygens (including phenoxy) is 1. The molecule has 2 fully saturated rings. The summed E-state index contributed by atoms with van der Waals surface area (Å²) in [7, 11) is 0. The molecule has 120 valence electrons. The Balaban J connectivity index is 1.34. The Bertz CT molecular complexity index is 677. The minimum atomic E-state index is -0.164. The number of benzene rings is 1. The molecule has 4 rings (SSSR count). The lowest BCUT2D eigenvalue weighted by Crippen LogP contribution is -2.27. The highest BCUT2D eigenvalue weighted by molar-refractivity contribution is 5.93. The molecule has 0 radical (unpaired) electrons. The lowest BCUT2D eigenvalue weighted by molar-refractivity contribution is 0.0860. The molecule has 1 N–H and O–H groups in total. The molecule has 1 saturated heterocycles. The van der Waals surface area contributed by atoms with Gasteiger partial charge in [-0.2, -0.15) is 0 Å². The Morgan fingerprint density at radius 2 is 2.17 bits per heavy atom. The second kappa shape index (κ2) is 6.16. The van der Waals surface area contributed by atoms with E-state index in [1.54, 1.807) is 0 Å². The molecule has 0 bridgehead atoms. The zero-order valence-electron chi connectivity index (χ0n) is 12.9. The van der Waals surface area contributed by atoms with Crippen molar-refractivity contribution in [1.82, 2.24) is 10.3 Å². The first-order valence-electron chi connectivity index (χ1n) is 8.21. The highest BCUT2D eigenvalue weighted by Crippen LogP contribution is 2.46. The van der Waals surface area contributed by atoms with E-state index in [1.165, 1.54) is 12.0 Å². The van der Waals surface area contributed by atoms with E-state index in [-0.39, 0.29) is 12.0 Å². The number of amides is 1. The van der Waals surface area contributed by atoms with Crippen molar-refractivity contribution in [2.24, 2.45) is 5.92 Å². The van der Waals surface area contributed by atoms with Crippen molar-refractivity contribution < 1.29 is 13.9 Å². The fraction of sp³-hybridized carbons (Fsp3) is 0.444. The Labute approximate surface area is 135 Å². The summed E-state index contributed by atoms with van der Waals surface area (Å²) in [5.41, 5.74) is 1.72. The molecule has 23 heavy (non-hydrogen) atoms. The number of aromatic nitrogens is 1. The van der Waals surface area contributed by atoms with Gasteiger partial charge in [-0.3, -0.25) is 4.79 Å². The van der Waals surface area contributed by atoms with Gasteiger partial charge in [0.05, 0.1) is 0 Å². The third kappa shape index (κ3) is 3.01. The Morgan fingerprint density at radius 3 is 2.96 bits per heavy atom. The lowest BCUT2D eigenvalue weighted by Gasteiger charge is -2.08. The van der Waals surface area contributed by atoms with Crippen molar-refractivity contribution in [3.63, 3.8) is 0 Å². The number of rotatable bonds is 5. The zero-order chi connectivity index (χ0) is 15.6. The number of oxazole rings is 1. The van der Waals surface area contributed by atoms with Crippen molar-refractivity contribution in [2.75, 3.05) is 13.2 Å². The van der Waals surface area contributed by atoms with Crippen LogP contribution >= 0.6 is 0 Å². The summed E-state index contributed by atoms with van der Waals surface area (Å²) in [5, 5.41) is 2.99. The van der Waals surface area contributed by atoms with E-state index in [9.17, 15) is 4.79 Å². The summed E-state index contributed by atoms with van der Waals surface area (Å²) in [6.07, 6.45) is 4.20. The number of hydrogen-bond donors (Lipinski definition) is 1. The van der Waals surface area contributed by atoms with Crippen LogP contribution < -0.4 is 5.32 Å². The van der Waals surface area contributed by atoms with Gasteiger partial charge < -0.3 is 14.5 Å². The van der Waals surface area contributed by atoms with Crippen molar-refractivity contribution in [3.05, 3.63) is 53.7 Å².